The Balaban J connectivity index is 3.94. The predicted octanol–water partition coefficient (Wildman–Crippen LogP) is 18.3. The number of esters is 2. The van der Waals surface area contributed by atoms with Gasteiger partial charge in [-0.05, 0) is 89.9 Å². The monoisotopic (exact) mass is 1010 g/mol. The zero-order valence-corrected chi connectivity index (χ0v) is 46.6. The van der Waals surface area contributed by atoms with E-state index < -0.39 is 26.5 Å². The van der Waals surface area contributed by atoms with Gasteiger partial charge < -0.3 is 20.1 Å². The standard InChI is InChI=1S/C61H108NO8P/c1-3-5-7-9-11-13-15-17-19-21-23-24-25-26-27-28-29-30-31-32-33-34-36-37-39-41-43-45-47-49-51-53-60(63)67-57-59(58-69-71(65,66)68-56-55-62)70-61(64)54-52-50-48-46-44-42-40-38-35-22-20-18-16-14-12-10-8-6-4-2/h6,8,12,14-15,17-18,20-21,23,25-26,35,38,59H,3-5,7,9-11,13,16,19,22,24,27-34,36-37,39-58,62H2,1-2H3,(H,65,66)/b8-6-,14-12-,17-15-,20-18-,23-21-,26-25-,38-35-. The average Bonchev–Trinajstić information content (AvgIpc) is 3.36. The van der Waals surface area contributed by atoms with E-state index in [0.29, 0.717) is 6.42 Å². The normalized spacial score (nSPS) is 13.7. The van der Waals surface area contributed by atoms with Crippen molar-refractivity contribution in [3.05, 3.63) is 85.1 Å². The van der Waals surface area contributed by atoms with E-state index >= 15 is 0 Å². The van der Waals surface area contributed by atoms with Crippen LogP contribution >= 0.6 is 7.82 Å². The van der Waals surface area contributed by atoms with Crippen LogP contribution in [0.1, 0.15) is 258 Å². The molecular weight excluding hydrogens is 906 g/mol. The summed E-state index contributed by atoms with van der Waals surface area (Å²) >= 11 is 0. The van der Waals surface area contributed by atoms with Crippen molar-refractivity contribution in [2.75, 3.05) is 26.4 Å². The Labute approximate surface area is 436 Å². The van der Waals surface area contributed by atoms with E-state index in [9.17, 15) is 19.0 Å². The summed E-state index contributed by atoms with van der Waals surface area (Å²) in [5.74, 6) is -0.842. The van der Waals surface area contributed by atoms with E-state index in [1.807, 2.05) is 0 Å². The Morgan fingerprint density at radius 3 is 1.15 bits per heavy atom. The Kier molecular flexibility index (Phi) is 54.2. The molecule has 9 nitrogen and oxygen atoms in total. The first-order valence-electron chi connectivity index (χ1n) is 29.1. The lowest BCUT2D eigenvalue weighted by Crippen LogP contribution is -2.29. The van der Waals surface area contributed by atoms with Crippen LogP contribution < -0.4 is 5.73 Å². The molecule has 0 bridgehead atoms. The van der Waals surface area contributed by atoms with E-state index in [-0.39, 0.29) is 38.6 Å². The molecule has 2 unspecified atom stereocenters. The van der Waals surface area contributed by atoms with Gasteiger partial charge in [0, 0.05) is 19.4 Å². The maximum absolute atomic E-state index is 12.7. The van der Waals surface area contributed by atoms with Crippen molar-refractivity contribution in [1.82, 2.24) is 0 Å². The first-order chi connectivity index (χ1) is 34.8. The number of carbonyl (C=O) groups is 2. The van der Waals surface area contributed by atoms with Gasteiger partial charge in [0.25, 0.3) is 0 Å². The Morgan fingerprint density at radius 2 is 0.775 bits per heavy atom. The summed E-state index contributed by atoms with van der Waals surface area (Å²) in [5.41, 5.74) is 5.38. The third-order valence-corrected chi connectivity index (χ3v) is 13.2. The van der Waals surface area contributed by atoms with Gasteiger partial charge in [-0.2, -0.15) is 0 Å². The molecule has 0 spiro atoms. The van der Waals surface area contributed by atoms with Gasteiger partial charge >= 0.3 is 19.8 Å². The maximum atomic E-state index is 12.7. The van der Waals surface area contributed by atoms with E-state index in [1.165, 1.54) is 128 Å². The van der Waals surface area contributed by atoms with Crippen LogP contribution in [0.15, 0.2) is 85.1 Å². The fraction of sp³-hybridized carbons (Fsp3) is 0.738. The number of carbonyl (C=O) groups excluding carboxylic acids is 2. The molecule has 0 aromatic rings. The molecule has 0 aromatic heterocycles. The van der Waals surface area contributed by atoms with Gasteiger partial charge in [-0.15, -0.1) is 0 Å². The number of allylic oxidation sites excluding steroid dienone is 14. The first-order valence-corrected chi connectivity index (χ1v) is 30.6. The molecule has 0 saturated heterocycles. The molecule has 0 saturated carbocycles. The minimum atomic E-state index is -4.39. The molecule has 10 heteroatoms. The van der Waals surface area contributed by atoms with Crippen molar-refractivity contribution < 1.29 is 37.6 Å². The molecule has 0 aliphatic carbocycles. The predicted molar refractivity (Wildman–Crippen MR) is 302 cm³/mol. The van der Waals surface area contributed by atoms with Gasteiger partial charge in [-0.25, -0.2) is 4.57 Å². The molecule has 3 N–H and O–H groups in total. The van der Waals surface area contributed by atoms with Crippen molar-refractivity contribution in [2.45, 2.75) is 264 Å². The number of nitrogens with two attached hydrogens (primary N) is 1. The summed E-state index contributed by atoms with van der Waals surface area (Å²) in [6.45, 7) is 3.61. The molecule has 0 aliphatic heterocycles. The van der Waals surface area contributed by atoms with Crippen LogP contribution in [0.3, 0.4) is 0 Å². The molecule has 2 atom stereocenters. The van der Waals surface area contributed by atoms with E-state index in [1.54, 1.807) is 0 Å². The highest BCUT2D eigenvalue weighted by atomic mass is 31.2. The first kappa shape index (κ1) is 68.2. The molecule has 0 amide bonds. The molecule has 71 heavy (non-hydrogen) atoms. The van der Waals surface area contributed by atoms with Gasteiger partial charge in [0.05, 0.1) is 13.2 Å². The lowest BCUT2D eigenvalue weighted by molar-refractivity contribution is -0.161. The van der Waals surface area contributed by atoms with Crippen LogP contribution in [0.4, 0.5) is 0 Å². The zero-order chi connectivity index (χ0) is 51.7. The van der Waals surface area contributed by atoms with E-state index in [4.69, 9.17) is 24.3 Å². The van der Waals surface area contributed by atoms with Crippen molar-refractivity contribution in [2.24, 2.45) is 5.73 Å². The molecule has 0 fully saturated rings. The van der Waals surface area contributed by atoms with Crippen molar-refractivity contribution in [3.8, 4) is 0 Å². The highest BCUT2D eigenvalue weighted by Crippen LogP contribution is 2.43. The van der Waals surface area contributed by atoms with Crippen LogP contribution in [0.2, 0.25) is 0 Å². The van der Waals surface area contributed by atoms with Crippen molar-refractivity contribution in [3.63, 3.8) is 0 Å². The third kappa shape index (κ3) is 56.3. The van der Waals surface area contributed by atoms with Crippen LogP contribution in [0, 0.1) is 0 Å². The summed E-state index contributed by atoms with van der Waals surface area (Å²) in [5, 5.41) is 0. The average molecular weight is 1010 g/mol. The quantitative estimate of drug-likeness (QED) is 0.0264. The second kappa shape index (κ2) is 56.5. The molecule has 0 aliphatic rings. The summed E-state index contributed by atoms with van der Waals surface area (Å²) in [4.78, 5) is 35.2. The van der Waals surface area contributed by atoms with Crippen molar-refractivity contribution in [1.29, 1.82) is 0 Å². The van der Waals surface area contributed by atoms with Gasteiger partial charge in [-0.1, -0.05) is 240 Å². The fourth-order valence-corrected chi connectivity index (χ4v) is 8.75. The second-order valence-corrected chi connectivity index (χ2v) is 20.6. The summed E-state index contributed by atoms with van der Waals surface area (Å²) in [6, 6.07) is 0. The Morgan fingerprint density at radius 1 is 0.437 bits per heavy atom. The second-order valence-electron chi connectivity index (χ2n) is 19.1. The molecule has 0 aromatic carbocycles. The number of phosphoric acid groups is 1. The number of hydrogen-bond donors (Lipinski definition) is 2. The topological polar surface area (TPSA) is 134 Å². The Hall–Kier alpha value is -2.81. The van der Waals surface area contributed by atoms with Crippen molar-refractivity contribution >= 4 is 19.8 Å². The zero-order valence-electron chi connectivity index (χ0n) is 45.7. The van der Waals surface area contributed by atoms with Gasteiger partial charge in [0.1, 0.15) is 6.61 Å². The van der Waals surface area contributed by atoms with Crippen LogP contribution in [-0.4, -0.2) is 49.3 Å². The highest BCUT2D eigenvalue weighted by molar-refractivity contribution is 7.47. The number of hydrogen-bond acceptors (Lipinski definition) is 8. The maximum Gasteiger partial charge on any atom is 0.472 e. The fourth-order valence-electron chi connectivity index (χ4n) is 7.99. The van der Waals surface area contributed by atoms with Crippen LogP contribution in [0.25, 0.3) is 0 Å². The number of ether oxygens (including phenoxy) is 2. The SMILES string of the molecule is CC/C=C\C/C=C\C/C=C\C/C=C\CCCCCCCCC(=O)OC(COC(=O)CCCCCCCCCCCCCCCCCC/C=C\C/C=C\C/C=C\CCCCCCC)COP(=O)(O)OCCN. The minimum Gasteiger partial charge on any atom is -0.462 e. The lowest BCUT2D eigenvalue weighted by Gasteiger charge is -2.19. The Bertz CT molecular complexity index is 1440. The molecule has 0 radical (unpaired) electrons. The molecular formula is C61H108NO8P. The summed E-state index contributed by atoms with van der Waals surface area (Å²) in [7, 11) is -4.39. The third-order valence-electron chi connectivity index (χ3n) is 12.3. The molecule has 0 heterocycles. The molecule has 0 rings (SSSR count). The summed E-state index contributed by atoms with van der Waals surface area (Å²) in [6.07, 6.45) is 73.6. The largest absolute Gasteiger partial charge is 0.472 e. The highest BCUT2D eigenvalue weighted by Gasteiger charge is 2.26. The summed E-state index contributed by atoms with van der Waals surface area (Å²) < 4.78 is 33.0. The number of unbranched alkanes of at least 4 members (excludes halogenated alkanes) is 27. The van der Waals surface area contributed by atoms with Gasteiger partial charge in [0.2, 0.25) is 0 Å². The number of rotatable bonds is 54. The lowest BCUT2D eigenvalue weighted by atomic mass is 10.0. The molecule has 410 valence electrons. The van der Waals surface area contributed by atoms with E-state index in [2.05, 4.69) is 98.9 Å². The van der Waals surface area contributed by atoms with E-state index in [0.717, 1.165) is 96.3 Å². The number of phosphoric ester groups is 1. The minimum absolute atomic E-state index is 0.0477. The van der Waals surface area contributed by atoms with Crippen LogP contribution in [-0.2, 0) is 32.7 Å². The van der Waals surface area contributed by atoms with Crippen LogP contribution in [0.5, 0.6) is 0 Å². The smallest absolute Gasteiger partial charge is 0.462 e. The van der Waals surface area contributed by atoms with Gasteiger partial charge in [-0.3, -0.25) is 18.6 Å². The van der Waals surface area contributed by atoms with Gasteiger partial charge in [0.15, 0.2) is 6.10 Å².